The highest BCUT2D eigenvalue weighted by atomic mass is 35.5. The summed E-state index contributed by atoms with van der Waals surface area (Å²) >= 11 is 12.7. The van der Waals surface area contributed by atoms with Gasteiger partial charge in [0.15, 0.2) is 0 Å². The lowest BCUT2D eigenvalue weighted by atomic mass is 10.1. The van der Waals surface area contributed by atoms with Gasteiger partial charge in [-0.1, -0.05) is 47.5 Å². The third-order valence-electron chi connectivity index (χ3n) is 7.20. The summed E-state index contributed by atoms with van der Waals surface area (Å²) in [6.45, 7) is 3.57. The molecule has 1 atom stereocenters. The Kier molecular flexibility index (Phi) is 7.85. The number of nitrogens with zero attached hydrogens (tertiary/aromatic N) is 4. The van der Waals surface area contributed by atoms with E-state index in [1.807, 2.05) is 25.1 Å². The number of aryl methyl sites for hydroxylation is 1. The van der Waals surface area contributed by atoms with E-state index < -0.39 is 22.1 Å². The lowest BCUT2D eigenvalue weighted by Gasteiger charge is -2.38. The zero-order valence-corrected chi connectivity index (χ0v) is 24.3. The molecule has 0 aromatic heterocycles. The molecule has 3 amide bonds. The van der Waals surface area contributed by atoms with Gasteiger partial charge in [0.25, 0.3) is 10.0 Å². The van der Waals surface area contributed by atoms with Gasteiger partial charge in [0.05, 0.1) is 29.3 Å². The smallest absolute Gasteiger partial charge is 0.339 e. The number of methoxy groups -OCH3 is 1. The van der Waals surface area contributed by atoms with Crippen molar-refractivity contribution >= 4 is 56.5 Å². The predicted molar refractivity (Wildman–Crippen MR) is 155 cm³/mol. The van der Waals surface area contributed by atoms with Gasteiger partial charge in [-0.05, 0) is 48.9 Å². The van der Waals surface area contributed by atoms with Crippen LogP contribution in [0.5, 0.6) is 5.75 Å². The summed E-state index contributed by atoms with van der Waals surface area (Å²) < 4.78 is 33.2. The largest absolute Gasteiger partial charge is 0.497 e. The quantitative estimate of drug-likeness (QED) is 0.407. The standard InChI is InChI=1S/C28H28Cl2N4O5S/c1-19-10-11-20(29)16-25(19)31-12-14-32(15-13-31)27(35)26-18-33(28(36)34(26)24-9-4-3-8-23(24)30)40(37,38)22-7-5-6-21(17-22)39-2/h3-11,16-17,26H,12-15,18H2,1-2H3/t26-/m0/s1. The van der Waals surface area contributed by atoms with Crippen molar-refractivity contribution < 1.29 is 22.7 Å². The number of para-hydroxylation sites is 1. The molecule has 2 fully saturated rings. The van der Waals surface area contributed by atoms with E-state index in [9.17, 15) is 18.0 Å². The topological polar surface area (TPSA) is 90.5 Å². The van der Waals surface area contributed by atoms with Crippen LogP contribution in [0.25, 0.3) is 0 Å². The summed E-state index contributed by atoms with van der Waals surface area (Å²) in [5, 5.41) is 0.867. The van der Waals surface area contributed by atoms with Crippen LogP contribution in [0.1, 0.15) is 5.56 Å². The van der Waals surface area contributed by atoms with E-state index in [0.29, 0.717) is 37.0 Å². The molecular weight excluding hydrogens is 575 g/mol. The highest BCUT2D eigenvalue weighted by Crippen LogP contribution is 2.35. The molecule has 2 aliphatic rings. The number of carbonyl (C=O) groups is 2. The highest BCUT2D eigenvalue weighted by Gasteiger charge is 2.49. The molecule has 2 saturated heterocycles. The number of halogens is 2. The van der Waals surface area contributed by atoms with E-state index in [2.05, 4.69) is 4.90 Å². The van der Waals surface area contributed by atoms with Crippen LogP contribution in [-0.2, 0) is 14.8 Å². The Bertz CT molecular complexity index is 1560. The SMILES string of the molecule is COc1cccc(S(=O)(=O)N2C[C@@H](C(=O)N3CCN(c4cc(Cl)ccc4C)CC3)N(c3ccccc3Cl)C2=O)c1. The molecule has 0 unspecified atom stereocenters. The van der Waals surface area contributed by atoms with Crippen molar-refractivity contribution in [3.05, 3.63) is 82.3 Å². The number of anilines is 2. The van der Waals surface area contributed by atoms with Crippen LogP contribution in [0.4, 0.5) is 16.2 Å². The van der Waals surface area contributed by atoms with Gasteiger partial charge in [0, 0.05) is 43.0 Å². The zero-order valence-electron chi connectivity index (χ0n) is 22.0. The van der Waals surface area contributed by atoms with Crippen molar-refractivity contribution in [2.24, 2.45) is 0 Å². The van der Waals surface area contributed by atoms with Crippen LogP contribution in [-0.4, -0.2) is 75.4 Å². The number of hydrogen-bond acceptors (Lipinski definition) is 6. The van der Waals surface area contributed by atoms with Crippen molar-refractivity contribution in [1.82, 2.24) is 9.21 Å². The molecule has 0 radical (unpaired) electrons. The minimum Gasteiger partial charge on any atom is -0.497 e. The molecule has 0 aliphatic carbocycles. The first kappa shape index (κ1) is 28.1. The maximum atomic E-state index is 13.9. The van der Waals surface area contributed by atoms with Gasteiger partial charge in [-0.3, -0.25) is 9.69 Å². The van der Waals surface area contributed by atoms with Gasteiger partial charge in [-0.15, -0.1) is 0 Å². The average Bonchev–Trinajstić information content (AvgIpc) is 3.31. The van der Waals surface area contributed by atoms with Crippen LogP contribution in [0, 0.1) is 6.92 Å². The summed E-state index contributed by atoms with van der Waals surface area (Å²) in [5.41, 5.74) is 2.35. The number of ether oxygens (including phenoxy) is 1. The molecule has 5 rings (SSSR count). The lowest BCUT2D eigenvalue weighted by molar-refractivity contribution is -0.132. The second kappa shape index (κ2) is 11.2. The zero-order chi connectivity index (χ0) is 28.6. The van der Waals surface area contributed by atoms with Crippen molar-refractivity contribution in [3.63, 3.8) is 0 Å². The molecular formula is C28H28Cl2N4O5S. The first-order chi connectivity index (χ1) is 19.1. The first-order valence-electron chi connectivity index (χ1n) is 12.7. The van der Waals surface area contributed by atoms with Gasteiger partial charge in [-0.2, -0.15) is 0 Å². The summed E-state index contributed by atoms with van der Waals surface area (Å²) in [4.78, 5) is 32.6. The predicted octanol–water partition coefficient (Wildman–Crippen LogP) is 4.66. The fourth-order valence-corrected chi connectivity index (χ4v) is 6.86. The Labute approximate surface area is 243 Å². The molecule has 2 aliphatic heterocycles. The number of rotatable bonds is 6. The number of sulfonamides is 1. The molecule has 40 heavy (non-hydrogen) atoms. The van der Waals surface area contributed by atoms with Gasteiger partial charge in [0.2, 0.25) is 5.91 Å². The Morgan fingerprint density at radius 1 is 0.925 bits per heavy atom. The number of carbonyl (C=O) groups excluding carboxylic acids is 2. The number of amides is 3. The van der Waals surface area contributed by atoms with Crippen LogP contribution in [0.3, 0.4) is 0 Å². The normalized spacial score (nSPS) is 17.9. The fraction of sp³-hybridized carbons (Fsp3) is 0.286. The minimum atomic E-state index is -4.30. The molecule has 3 aromatic carbocycles. The summed E-state index contributed by atoms with van der Waals surface area (Å²) in [5.74, 6) is -0.0183. The lowest BCUT2D eigenvalue weighted by Crippen LogP contribution is -2.55. The molecule has 210 valence electrons. The van der Waals surface area contributed by atoms with E-state index in [1.54, 1.807) is 35.2 Å². The number of piperazine rings is 1. The second-order valence-corrected chi connectivity index (χ2v) is 12.3. The van der Waals surface area contributed by atoms with Crippen molar-refractivity contribution in [1.29, 1.82) is 0 Å². The van der Waals surface area contributed by atoms with Crippen molar-refractivity contribution in [3.8, 4) is 5.75 Å². The molecule has 9 nitrogen and oxygen atoms in total. The Balaban J connectivity index is 1.43. The molecule has 0 bridgehead atoms. The Morgan fingerprint density at radius 2 is 1.65 bits per heavy atom. The number of hydrogen-bond donors (Lipinski definition) is 0. The maximum Gasteiger partial charge on any atom is 0.339 e. The monoisotopic (exact) mass is 602 g/mol. The Morgan fingerprint density at radius 3 is 2.35 bits per heavy atom. The van der Waals surface area contributed by atoms with E-state index in [4.69, 9.17) is 27.9 Å². The maximum absolute atomic E-state index is 13.9. The van der Waals surface area contributed by atoms with Gasteiger partial charge in [-0.25, -0.2) is 17.5 Å². The summed E-state index contributed by atoms with van der Waals surface area (Å²) in [6.07, 6.45) is 0. The highest BCUT2D eigenvalue weighted by molar-refractivity contribution is 7.89. The van der Waals surface area contributed by atoms with Gasteiger partial charge < -0.3 is 14.5 Å². The summed E-state index contributed by atoms with van der Waals surface area (Å²) in [6, 6.07) is 16.2. The average molecular weight is 604 g/mol. The fourth-order valence-electron chi connectivity index (χ4n) is 5.07. The molecule has 2 heterocycles. The Hall–Kier alpha value is -3.47. The molecule has 0 spiro atoms. The molecule has 3 aromatic rings. The van der Waals surface area contributed by atoms with Crippen LogP contribution in [0.15, 0.2) is 71.6 Å². The summed E-state index contributed by atoms with van der Waals surface area (Å²) in [7, 11) is -2.87. The van der Waals surface area contributed by atoms with Crippen LogP contribution in [0.2, 0.25) is 10.0 Å². The first-order valence-corrected chi connectivity index (χ1v) is 14.9. The van der Waals surface area contributed by atoms with E-state index in [-0.39, 0.29) is 28.1 Å². The third kappa shape index (κ3) is 5.18. The molecule has 12 heteroatoms. The van der Waals surface area contributed by atoms with E-state index in [1.165, 1.54) is 30.2 Å². The second-order valence-electron chi connectivity index (χ2n) is 9.58. The van der Waals surface area contributed by atoms with Crippen molar-refractivity contribution in [2.75, 3.05) is 49.6 Å². The van der Waals surface area contributed by atoms with Crippen LogP contribution < -0.4 is 14.5 Å². The van der Waals surface area contributed by atoms with E-state index in [0.717, 1.165) is 15.6 Å². The minimum absolute atomic E-state index is 0.113. The van der Waals surface area contributed by atoms with Gasteiger partial charge >= 0.3 is 6.03 Å². The van der Waals surface area contributed by atoms with Crippen molar-refractivity contribution in [2.45, 2.75) is 17.9 Å². The molecule has 0 N–H and O–H groups in total. The van der Waals surface area contributed by atoms with Gasteiger partial charge in [0.1, 0.15) is 11.8 Å². The third-order valence-corrected chi connectivity index (χ3v) is 9.49. The number of urea groups is 1. The molecule has 0 saturated carbocycles. The van der Waals surface area contributed by atoms with Crippen LogP contribution >= 0.6 is 23.2 Å². The number of benzene rings is 3. The van der Waals surface area contributed by atoms with E-state index >= 15 is 0 Å².